The van der Waals surface area contributed by atoms with E-state index in [1.807, 2.05) is 19.1 Å². The number of nitrogen functional groups attached to an aromatic ring is 1. The molecule has 0 radical (unpaired) electrons. The first kappa shape index (κ1) is 8.08. The molecule has 0 amide bonds. The van der Waals surface area contributed by atoms with Crippen molar-refractivity contribution in [3.63, 3.8) is 0 Å². The molecule has 4 N–H and O–H groups in total. The summed E-state index contributed by atoms with van der Waals surface area (Å²) < 4.78 is 0. The molecule has 2 heteroatoms. The minimum absolute atomic E-state index is 0.567. The van der Waals surface area contributed by atoms with Crippen LogP contribution in [0.4, 0.5) is 5.69 Å². The molecule has 0 aliphatic rings. The Bertz CT molecular complexity index is 267. The molecule has 0 atom stereocenters. The van der Waals surface area contributed by atoms with Crippen LogP contribution in [0.5, 0.6) is 0 Å². The van der Waals surface area contributed by atoms with E-state index in [2.05, 4.69) is 6.92 Å². The smallest absolute Gasteiger partial charge is 0.0320 e. The lowest BCUT2D eigenvalue weighted by Gasteiger charge is -2.07. The second kappa shape index (κ2) is 2.93. The van der Waals surface area contributed by atoms with Crippen molar-refractivity contribution in [3.8, 4) is 0 Å². The number of nitrogens with two attached hydrogens (primary N) is 2. The lowest BCUT2D eigenvalue weighted by atomic mass is 10.0. The molecule has 0 saturated carbocycles. The fourth-order valence-electron chi connectivity index (χ4n) is 1.17. The van der Waals surface area contributed by atoms with E-state index in [0.29, 0.717) is 6.54 Å². The van der Waals surface area contributed by atoms with Crippen molar-refractivity contribution in [2.24, 2.45) is 5.73 Å². The Morgan fingerprint density at radius 1 is 1.27 bits per heavy atom. The number of hydrogen-bond donors (Lipinski definition) is 2. The van der Waals surface area contributed by atoms with Gasteiger partial charge in [0.15, 0.2) is 0 Å². The molecule has 0 saturated heterocycles. The maximum Gasteiger partial charge on any atom is 0.0320 e. The maximum atomic E-state index is 5.65. The minimum atomic E-state index is 0.567. The molecule has 0 fully saturated rings. The van der Waals surface area contributed by atoms with Crippen LogP contribution in [0.25, 0.3) is 0 Å². The summed E-state index contributed by atoms with van der Waals surface area (Å²) in [5.74, 6) is 0. The third kappa shape index (κ3) is 1.52. The number of benzene rings is 1. The van der Waals surface area contributed by atoms with Gasteiger partial charge in [-0.1, -0.05) is 0 Å². The normalized spacial score (nSPS) is 10.1. The van der Waals surface area contributed by atoms with Crippen LogP contribution in [0.1, 0.15) is 16.7 Å². The van der Waals surface area contributed by atoms with Crippen molar-refractivity contribution >= 4 is 5.69 Å². The SMILES string of the molecule is Cc1cc(N)cc(CN)c1C. The van der Waals surface area contributed by atoms with Gasteiger partial charge < -0.3 is 11.5 Å². The number of hydrogen-bond acceptors (Lipinski definition) is 2. The van der Waals surface area contributed by atoms with E-state index >= 15 is 0 Å². The second-order valence-electron chi connectivity index (χ2n) is 2.83. The summed E-state index contributed by atoms with van der Waals surface area (Å²) >= 11 is 0. The van der Waals surface area contributed by atoms with Crippen molar-refractivity contribution in [2.45, 2.75) is 20.4 Å². The van der Waals surface area contributed by atoms with Crippen LogP contribution in [0.3, 0.4) is 0 Å². The molecule has 1 aromatic carbocycles. The van der Waals surface area contributed by atoms with Crippen LogP contribution in [0.15, 0.2) is 12.1 Å². The number of anilines is 1. The van der Waals surface area contributed by atoms with Crippen molar-refractivity contribution in [1.29, 1.82) is 0 Å². The van der Waals surface area contributed by atoms with Crippen molar-refractivity contribution in [1.82, 2.24) is 0 Å². The zero-order valence-corrected chi connectivity index (χ0v) is 7.02. The Morgan fingerprint density at radius 3 is 2.45 bits per heavy atom. The second-order valence-corrected chi connectivity index (χ2v) is 2.83. The molecule has 1 aromatic rings. The zero-order chi connectivity index (χ0) is 8.43. The van der Waals surface area contributed by atoms with Gasteiger partial charge in [-0.25, -0.2) is 0 Å². The van der Waals surface area contributed by atoms with Crippen LogP contribution in [0, 0.1) is 13.8 Å². The van der Waals surface area contributed by atoms with E-state index in [-0.39, 0.29) is 0 Å². The van der Waals surface area contributed by atoms with E-state index in [1.165, 1.54) is 11.1 Å². The molecule has 0 aliphatic heterocycles. The fraction of sp³-hybridized carbons (Fsp3) is 0.333. The van der Waals surface area contributed by atoms with Crippen molar-refractivity contribution in [2.75, 3.05) is 5.73 Å². The summed E-state index contributed by atoms with van der Waals surface area (Å²) in [7, 11) is 0. The predicted octanol–water partition coefficient (Wildman–Crippen LogP) is 1.34. The first-order chi connectivity index (χ1) is 5.15. The monoisotopic (exact) mass is 150 g/mol. The van der Waals surface area contributed by atoms with E-state index in [0.717, 1.165) is 11.3 Å². The van der Waals surface area contributed by atoms with Crippen LogP contribution in [-0.2, 0) is 6.54 Å². The molecule has 11 heavy (non-hydrogen) atoms. The van der Waals surface area contributed by atoms with Gasteiger partial charge in [-0.2, -0.15) is 0 Å². The Kier molecular flexibility index (Phi) is 2.15. The number of aryl methyl sites for hydroxylation is 1. The highest BCUT2D eigenvalue weighted by atomic mass is 14.6. The quantitative estimate of drug-likeness (QED) is 0.594. The summed E-state index contributed by atoms with van der Waals surface area (Å²) in [6.07, 6.45) is 0. The minimum Gasteiger partial charge on any atom is -0.399 e. The Balaban J connectivity index is 3.24. The first-order valence-corrected chi connectivity index (χ1v) is 3.71. The molecule has 0 heterocycles. The summed E-state index contributed by atoms with van der Waals surface area (Å²) in [5.41, 5.74) is 15.6. The van der Waals surface area contributed by atoms with Gasteiger partial charge >= 0.3 is 0 Å². The highest BCUT2D eigenvalue weighted by molar-refractivity contribution is 5.48. The van der Waals surface area contributed by atoms with Gasteiger partial charge in [0.1, 0.15) is 0 Å². The average molecular weight is 150 g/mol. The summed E-state index contributed by atoms with van der Waals surface area (Å²) in [5, 5.41) is 0. The summed E-state index contributed by atoms with van der Waals surface area (Å²) in [6.45, 7) is 4.68. The van der Waals surface area contributed by atoms with E-state index in [1.54, 1.807) is 0 Å². The van der Waals surface area contributed by atoms with Gasteiger partial charge in [0.2, 0.25) is 0 Å². The highest BCUT2D eigenvalue weighted by Gasteiger charge is 1.99. The summed E-state index contributed by atoms with van der Waals surface area (Å²) in [6, 6.07) is 3.90. The Morgan fingerprint density at radius 2 is 1.91 bits per heavy atom. The van der Waals surface area contributed by atoms with Crippen LogP contribution in [0.2, 0.25) is 0 Å². The summed E-state index contributed by atoms with van der Waals surface area (Å²) in [4.78, 5) is 0. The standard InChI is InChI=1S/C9H14N2/c1-6-3-9(11)4-8(5-10)7(6)2/h3-4H,5,10-11H2,1-2H3. The van der Waals surface area contributed by atoms with Gasteiger partial charge in [-0.3, -0.25) is 0 Å². The molecule has 0 aromatic heterocycles. The largest absolute Gasteiger partial charge is 0.399 e. The maximum absolute atomic E-state index is 5.65. The van der Waals surface area contributed by atoms with E-state index < -0.39 is 0 Å². The third-order valence-electron chi connectivity index (χ3n) is 2.02. The molecular weight excluding hydrogens is 136 g/mol. The van der Waals surface area contributed by atoms with E-state index in [4.69, 9.17) is 11.5 Å². The lowest BCUT2D eigenvalue weighted by molar-refractivity contribution is 1.04. The Hall–Kier alpha value is -1.02. The van der Waals surface area contributed by atoms with Crippen LogP contribution >= 0.6 is 0 Å². The third-order valence-corrected chi connectivity index (χ3v) is 2.02. The van der Waals surface area contributed by atoms with Crippen LogP contribution < -0.4 is 11.5 Å². The predicted molar refractivity (Wildman–Crippen MR) is 48.2 cm³/mol. The number of rotatable bonds is 1. The van der Waals surface area contributed by atoms with Crippen LogP contribution in [-0.4, -0.2) is 0 Å². The molecule has 1 rings (SSSR count). The van der Waals surface area contributed by atoms with Gasteiger partial charge in [-0.15, -0.1) is 0 Å². The van der Waals surface area contributed by atoms with Gasteiger partial charge in [-0.05, 0) is 42.7 Å². The zero-order valence-electron chi connectivity index (χ0n) is 7.02. The average Bonchev–Trinajstić information content (AvgIpc) is 1.96. The molecule has 60 valence electrons. The molecule has 2 nitrogen and oxygen atoms in total. The fourth-order valence-corrected chi connectivity index (χ4v) is 1.17. The lowest BCUT2D eigenvalue weighted by Crippen LogP contribution is -2.02. The van der Waals surface area contributed by atoms with Gasteiger partial charge in [0.05, 0.1) is 0 Å². The molecule has 0 aliphatic carbocycles. The van der Waals surface area contributed by atoms with E-state index in [9.17, 15) is 0 Å². The topological polar surface area (TPSA) is 52.0 Å². The van der Waals surface area contributed by atoms with Crippen molar-refractivity contribution in [3.05, 3.63) is 28.8 Å². The first-order valence-electron chi connectivity index (χ1n) is 3.71. The molecule has 0 bridgehead atoms. The molecule has 0 unspecified atom stereocenters. The molecule has 0 spiro atoms. The van der Waals surface area contributed by atoms with Gasteiger partial charge in [0, 0.05) is 12.2 Å². The van der Waals surface area contributed by atoms with Crippen molar-refractivity contribution < 1.29 is 0 Å². The Labute approximate surface area is 67.2 Å². The molecular formula is C9H14N2. The van der Waals surface area contributed by atoms with Gasteiger partial charge in [0.25, 0.3) is 0 Å². The highest BCUT2D eigenvalue weighted by Crippen LogP contribution is 2.16.